The van der Waals surface area contributed by atoms with E-state index in [0.717, 1.165) is 32.6 Å². The van der Waals surface area contributed by atoms with E-state index >= 15 is 0 Å². The molecular weight excluding hydrogens is 279 g/mol. The van der Waals surface area contributed by atoms with Gasteiger partial charge >= 0.3 is 0 Å². The van der Waals surface area contributed by atoms with Crippen LogP contribution in [0.3, 0.4) is 0 Å². The van der Waals surface area contributed by atoms with Gasteiger partial charge < -0.3 is 5.32 Å². The van der Waals surface area contributed by atoms with Crippen molar-refractivity contribution in [2.24, 2.45) is 0 Å². The van der Waals surface area contributed by atoms with Crippen LogP contribution in [0.4, 0.5) is 0 Å². The molecule has 2 nitrogen and oxygen atoms in total. The summed E-state index contributed by atoms with van der Waals surface area (Å²) in [6.45, 7) is 10.3. The molecule has 1 aliphatic heterocycles. The van der Waals surface area contributed by atoms with Crippen LogP contribution in [0.5, 0.6) is 0 Å². The molecule has 1 atom stereocenters. The predicted octanol–water partition coefficient (Wildman–Crippen LogP) is 3.91. The van der Waals surface area contributed by atoms with E-state index in [9.17, 15) is 0 Å². The van der Waals surface area contributed by atoms with Crippen LogP contribution in [-0.4, -0.2) is 31.1 Å². The van der Waals surface area contributed by atoms with Gasteiger partial charge in [-0.2, -0.15) is 0 Å². The average molecular weight is 299 g/mol. The number of rotatable bonds is 4. The maximum atomic E-state index is 6.15. The van der Waals surface area contributed by atoms with E-state index < -0.39 is 0 Å². The Hall–Kier alpha value is -0.540. The minimum atomic E-state index is 0.342. The van der Waals surface area contributed by atoms with Gasteiger partial charge in [0.2, 0.25) is 0 Å². The number of piperazine rings is 1. The Kier molecular flexibility index (Phi) is 5.28. The van der Waals surface area contributed by atoms with E-state index in [4.69, 9.17) is 23.2 Å². The summed E-state index contributed by atoms with van der Waals surface area (Å²) in [7, 11) is 0. The van der Waals surface area contributed by atoms with Gasteiger partial charge in [-0.05, 0) is 31.0 Å². The van der Waals surface area contributed by atoms with Crippen LogP contribution >= 0.6 is 23.2 Å². The summed E-state index contributed by atoms with van der Waals surface area (Å²) < 4.78 is 0. The summed E-state index contributed by atoms with van der Waals surface area (Å²) in [5, 5.41) is 4.62. The van der Waals surface area contributed by atoms with E-state index in [0.29, 0.717) is 16.1 Å². The van der Waals surface area contributed by atoms with Gasteiger partial charge in [-0.1, -0.05) is 34.8 Å². The van der Waals surface area contributed by atoms with Crippen molar-refractivity contribution in [2.75, 3.05) is 26.2 Å². The molecule has 0 radical (unpaired) electrons. The van der Waals surface area contributed by atoms with E-state index in [1.807, 2.05) is 12.1 Å². The number of halogens is 2. The first kappa shape index (κ1) is 14.9. The lowest BCUT2D eigenvalue weighted by atomic mass is 9.98. The first-order valence-corrected chi connectivity index (χ1v) is 7.37. The summed E-state index contributed by atoms with van der Waals surface area (Å²) >= 11 is 12.2. The van der Waals surface area contributed by atoms with Crippen LogP contribution < -0.4 is 5.32 Å². The summed E-state index contributed by atoms with van der Waals surface area (Å²) in [4.78, 5) is 2.49. The number of benzene rings is 1. The van der Waals surface area contributed by atoms with E-state index in [1.54, 1.807) is 0 Å². The summed E-state index contributed by atoms with van der Waals surface area (Å²) in [5.41, 5.74) is 2.41. The van der Waals surface area contributed by atoms with Crippen molar-refractivity contribution in [1.82, 2.24) is 10.2 Å². The zero-order valence-corrected chi connectivity index (χ0v) is 12.8. The Morgan fingerprint density at radius 1 is 1.32 bits per heavy atom. The van der Waals surface area contributed by atoms with Crippen molar-refractivity contribution >= 4 is 23.2 Å². The first-order valence-electron chi connectivity index (χ1n) is 6.62. The molecule has 0 saturated carbocycles. The molecule has 19 heavy (non-hydrogen) atoms. The molecule has 1 saturated heterocycles. The molecule has 1 heterocycles. The molecule has 0 spiro atoms. The van der Waals surface area contributed by atoms with Crippen LogP contribution in [0, 0.1) is 0 Å². The summed E-state index contributed by atoms with van der Waals surface area (Å²) in [6, 6.07) is 6.28. The second kappa shape index (κ2) is 6.76. The zero-order chi connectivity index (χ0) is 13.8. The van der Waals surface area contributed by atoms with Gasteiger partial charge in [0.25, 0.3) is 0 Å². The highest BCUT2D eigenvalue weighted by Crippen LogP contribution is 2.32. The molecule has 2 rings (SSSR count). The average Bonchev–Trinajstić information content (AvgIpc) is 2.40. The monoisotopic (exact) mass is 298 g/mol. The maximum absolute atomic E-state index is 6.15. The largest absolute Gasteiger partial charge is 0.314 e. The summed E-state index contributed by atoms with van der Waals surface area (Å²) in [6.07, 6.45) is 0.956. The van der Waals surface area contributed by atoms with Gasteiger partial charge in [-0.15, -0.1) is 6.58 Å². The van der Waals surface area contributed by atoms with Crippen LogP contribution in [0.1, 0.15) is 24.9 Å². The van der Waals surface area contributed by atoms with Crippen molar-refractivity contribution in [3.8, 4) is 0 Å². The van der Waals surface area contributed by atoms with E-state index in [2.05, 4.69) is 29.8 Å². The Bertz CT molecular complexity index is 453. The van der Waals surface area contributed by atoms with E-state index in [-0.39, 0.29) is 0 Å². The van der Waals surface area contributed by atoms with Crippen molar-refractivity contribution in [2.45, 2.75) is 19.4 Å². The van der Waals surface area contributed by atoms with Gasteiger partial charge in [0.05, 0.1) is 10.0 Å². The van der Waals surface area contributed by atoms with Crippen LogP contribution in [0.2, 0.25) is 10.0 Å². The molecule has 0 aliphatic carbocycles. The Labute approximate surface area is 125 Å². The number of hydrogen-bond acceptors (Lipinski definition) is 2. The summed E-state index contributed by atoms with van der Waals surface area (Å²) in [5.74, 6) is 0. The molecule has 0 aromatic heterocycles. The molecule has 4 heteroatoms. The third kappa shape index (κ3) is 3.96. The van der Waals surface area contributed by atoms with E-state index in [1.165, 1.54) is 11.1 Å². The topological polar surface area (TPSA) is 15.3 Å². The van der Waals surface area contributed by atoms with Crippen molar-refractivity contribution in [1.29, 1.82) is 0 Å². The number of hydrogen-bond donors (Lipinski definition) is 1. The number of nitrogens with zero attached hydrogens (tertiary/aromatic N) is 1. The minimum Gasteiger partial charge on any atom is -0.314 e. The molecule has 1 fully saturated rings. The molecule has 1 aromatic rings. The highest BCUT2D eigenvalue weighted by molar-refractivity contribution is 6.42. The second-order valence-electron chi connectivity index (χ2n) is 5.14. The molecule has 1 N–H and O–H groups in total. The highest BCUT2D eigenvalue weighted by atomic mass is 35.5. The Morgan fingerprint density at radius 3 is 2.58 bits per heavy atom. The SMILES string of the molecule is C=C(C)C[C@@H](c1ccc(Cl)c(Cl)c1)N1CCNCC1. The lowest BCUT2D eigenvalue weighted by Crippen LogP contribution is -2.45. The Morgan fingerprint density at radius 2 is 2.00 bits per heavy atom. The van der Waals surface area contributed by atoms with Gasteiger partial charge in [-0.25, -0.2) is 0 Å². The fourth-order valence-corrected chi connectivity index (χ4v) is 2.81. The van der Waals surface area contributed by atoms with Crippen LogP contribution in [-0.2, 0) is 0 Å². The molecule has 0 bridgehead atoms. The maximum Gasteiger partial charge on any atom is 0.0595 e. The molecule has 0 unspecified atom stereocenters. The predicted molar refractivity (Wildman–Crippen MR) is 83.1 cm³/mol. The van der Waals surface area contributed by atoms with Gasteiger partial charge in [0, 0.05) is 32.2 Å². The lowest BCUT2D eigenvalue weighted by Gasteiger charge is -2.35. The normalized spacial score (nSPS) is 18.3. The molecular formula is C15H20Cl2N2. The van der Waals surface area contributed by atoms with Crippen molar-refractivity contribution < 1.29 is 0 Å². The quantitative estimate of drug-likeness (QED) is 0.848. The fourth-order valence-electron chi connectivity index (χ4n) is 2.50. The molecule has 0 amide bonds. The smallest absolute Gasteiger partial charge is 0.0595 e. The highest BCUT2D eigenvalue weighted by Gasteiger charge is 2.22. The van der Waals surface area contributed by atoms with Gasteiger partial charge in [0.1, 0.15) is 0 Å². The molecule has 1 aromatic carbocycles. The lowest BCUT2D eigenvalue weighted by molar-refractivity contribution is 0.172. The Balaban J connectivity index is 2.24. The van der Waals surface area contributed by atoms with Gasteiger partial charge in [-0.3, -0.25) is 4.90 Å². The second-order valence-corrected chi connectivity index (χ2v) is 5.95. The molecule has 1 aliphatic rings. The van der Waals surface area contributed by atoms with Crippen molar-refractivity contribution in [3.63, 3.8) is 0 Å². The zero-order valence-electron chi connectivity index (χ0n) is 11.3. The standard InChI is InChI=1S/C15H20Cl2N2/c1-11(2)9-15(19-7-5-18-6-8-19)12-3-4-13(16)14(17)10-12/h3-4,10,15,18H,1,5-9H2,2H3/t15-/m0/s1. The van der Waals surface area contributed by atoms with Crippen molar-refractivity contribution in [3.05, 3.63) is 46.0 Å². The van der Waals surface area contributed by atoms with Gasteiger partial charge in [0.15, 0.2) is 0 Å². The third-order valence-electron chi connectivity index (χ3n) is 3.46. The molecule has 104 valence electrons. The first-order chi connectivity index (χ1) is 9.08. The number of nitrogens with one attached hydrogen (secondary N) is 1. The van der Waals surface area contributed by atoms with Crippen LogP contribution in [0.25, 0.3) is 0 Å². The fraction of sp³-hybridized carbons (Fsp3) is 0.467. The third-order valence-corrected chi connectivity index (χ3v) is 4.20. The minimum absolute atomic E-state index is 0.342. The van der Waals surface area contributed by atoms with Crippen LogP contribution in [0.15, 0.2) is 30.4 Å².